The van der Waals surface area contributed by atoms with E-state index in [1.54, 1.807) is 0 Å². The van der Waals surface area contributed by atoms with Gasteiger partial charge in [0.15, 0.2) is 0 Å². The summed E-state index contributed by atoms with van der Waals surface area (Å²) in [7, 11) is 0. The van der Waals surface area contributed by atoms with Gasteiger partial charge in [-0.2, -0.15) is 0 Å². The van der Waals surface area contributed by atoms with Crippen molar-refractivity contribution in [1.29, 1.82) is 0 Å². The largest absolute Gasteiger partial charge is 0.384 e. The van der Waals surface area contributed by atoms with E-state index in [0.717, 1.165) is 12.3 Å². The number of aromatic nitrogens is 3. The van der Waals surface area contributed by atoms with E-state index in [4.69, 9.17) is 5.73 Å². The first-order valence-electron chi connectivity index (χ1n) is 5.04. The SMILES string of the molecule is Nc1cc(C(=O)Nc2cncnc2)c([N+](=O)[O-])cn1. The van der Waals surface area contributed by atoms with Crippen LogP contribution >= 0.6 is 0 Å². The smallest absolute Gasteiger partial charge is 0.300 e. The van der Waals surface area contributed by atoms with Crippen LogP contribution in [0.5, 0.6) is 0 Å². The second kappa shape index (κ2) is 5.04. The van der Waals surface area contributed by atoms with Crippen molar-refractivity contribution in [3.05, 3.63) is 46.7 Å². The molecule has 2 rings (SSSR count). The number of nitrogens with one attached hydrogen (secondary N) is 1. The normalized spacial score (nSPS) is 9.89. The molecule has 0 saturated heterocycles. The minimum atomic E-state index is -0.706. The molecule has 9 heteroatoms. The van der Waals surface area contributed by atoms with Crippen LogP contribution in [0.3, 0.4) is 0 Å². The molecule has 0 aliphatic carbocycles. The molecule has 0 aliphatic rings. The highest BCUT2D eigenvalue weighted by molar-refractivity contribution is 6.07. The number of nitrogens with two attached hydrogens (primary N) is 1. The van der Waals surface area contributed by atoms with Crippen molar-refractivity contribution in [3.63, 3.8) is 0 Å². The summed E-state index contributed by atoms with van der Waals surface area (Å²) in [6, 6.07) is 1.14. The number of nitro groups is 1. The Morgan fingerprint density at radius 3 is 2.63 bits per heavy atom. The number of carbonyl (C=O) groups is 1. The number of amides is 1. The summed E-state index contributed by atoms with van der Waals surface area (Å²) < 4.78 is 0. The van der Waals surface area contributed by atoms with Crippen LogP contribution in [-0.2, 0) is 0 Å². The van der Waals surface area contributed by atoms with Crippen LogP contribution in [-0.4, -0.2) is 25.8 Å². The number of hydrogen-bond acceptors (Lipinski definition) is 7. The number of nitrogen functional groups attached to an aromatic ring is 1. The van der Waals surface area contributed by atoms with E-state index in [1.165, 1.54) is 18.7 Å². The number of rotatable bonds is 3. The van der Waals surface area contributed by atoms with Crippen LogP contribution in [0.15, 0.2) is 31.0 Å². The highest BCUT2D eigenvalue weighted by Crippen LogP contribution is 2.20. The van der Waals surface area contributed by atoms with Crippen molar-refractivity contribution in [2.45, 2.75) is 0 Å². The van der Waals surface area contributed by atoms with E-state index < -0.39 is 16.5 Å². The fourth-order valence-corrected chi connectivity index (χ4v) is 1.35. The molecule has 0 atom stereocenters. The van der Waals surface area contributed by atoms with Crippen molar-refractivity contribution < 1.29 is 9.72 Å². The lowest BCUT2D eigenvalue weighted by atomic mass is 10.2. The highest BCUT2D eigenvalue weighted by atomic mass is 16.6. The molecule has 0 bridgehead atoms. The van der Waals surface area contributed by atoms with Gasteiger partial charge in [-0.15, -0.1) is 0 Å². The Morgan fingerprint density at radius 1 is 1.32 bits per heavy atom. The molecule has 1 amide bonds. The average molecular weight is 260 g/mol. The summed E-state index contributed by atoms with van der Waals surface area (Å²) in [5.41, 5.74) is 5.13. The van der Waals surface area contributed by atoms with Crippen molar-refractivity contribution in [2.24, 2.45) is 0 Å². The van der Waals surface area contributed by atoms with E-state index in [1.807, 2.05) is 0 Å². The van der Waals surface area contributed by atoms with Gasteiger partial charge < -0.3 is 11.1 Å². The molecule has 0 aliphatic heterocycles. The second-order valence-electron chi connectivity index (χ2n) is 3.46. The standard InChI is InChI=1S/C10H8N6O3/c11-9-1-7(8(4-14-9)16(18)19)10(17)15-6-2-12-5-13-3-6/h1-5H,(H2,11,14)(H,15,17). The van der Waals surface area contributed by atoms with Crippen LogP contribution in [0.4, 0.5) is 17.2 Å². The third-order valence-electron chi connectivity index (χ3n) is 2.16. The molecule has 9 nitrogen and oxygen atoms in total. The molecule has 2 heterocycles. The molecule has 19 heavy (non-hydrogen) atoms. The second-order valence-corrected chi connectivity index (χ2v) is 3.46. The van der Waals surface area contributed by atoms with Crippen LogP contribution in [0.2, 0.25) is 0 Å². The van der Waals surface area contributed by atoms with E-state index in [-0.39, 0.29) is 11.4 Å². The number of anilines is 2. The summed E-state index contributed by atoms with van der Waals surface area (Å²) in [4.78, 5) is 33.0. The summed E-state index contributed by atoms with van der Waals surface area (Å²) in [5, 5.41) is 13.2. The molecule has 0 saturated carbocycles. The molecule has 0 fully saturated rings. The van der Waals surface area contributed by atoms with Gasteiger partial charge in [0, 0.05) is 0 Å². The van der Waals surface area contributed by atoms with Gasteiger partial charge in [0.25, 0.3) is 11.6 Å². The van der Waals surface area contributed by atoms with Crippen LogP contribution < -0.4 is 11.1 Å². The topological polar surface area (TPSA) is 137 Å². The average Bonchev–Trinajstić information content (AvgIpc) is 2.39. The van der Waals surface area contributed by atoms with Crippen LogP contribution in [0.1, 0.15) is 10.4 Å². The summed E-state index contributed by atoms with van der Waals surface area (Å²) in [6.45, 7) is 0. The first-order chi connectivity index (χ1) is 9.08. The monoisotopic (exact) mass is 260 g/mol. The number of nitrogens with zero attached hydrogens (tertiary/aromatic N) is 4. The maximum absolute atomic E-state index is 11.9. The van der Waals surface area contributed by atoms with Gasteiger partial charge in [-0.25, -0.2) is 15.0 Å². The summed E-state index contributed by atoms with van der Waals surface area (Å²) in [5.74, 6) is -0.671. The van der Waals surface area contributed by atoms with Gasteiger partial charge in [-0.05, 0) is 6.07 Å². The zero-order valence-electron chi connectivity index (χ0n) is 9.48. The Morgan fingerprint density at radius 2 is 2.00 bits per heavy atom. The molecule has 0 spiro atoms. The van der Waals surface area contributed by atoms with E-state index >= 15 is 0 Å². The summed E-state index contributed by atoms with van der Waals surface area (Å²) in [6.07, 6.45) is 4.96. The van der Waals surface area contributed by atoms with Gasteiger partial charge >= 0.3 is 0 Å². The lowest BCUT2D eigenvalue weighted by Crippen LogP contribution is -2.15. The Labute approximate surface area is 106 Å². The minimum absolute atomic E-state index is 0.0139. The maximum Gasteiger partial charge on any atom is 0.300 e. The van der Waals surface area contributed by atoms with E-state index in [2.05, 4.69) is 20.3 Å². The van der Waals surface area contributed by atoms with Crippen molar-refractivity contribution in [2.75, 3.05) is 11.1 Å². The Hall–Kier alpha value is -3.10. The van der Waals surface area contributed by atoms with Crippen molar-refractivity contribution in [1.82, 2.24) is 15.0 Å². The molecular weight excluding hydrogens is 252 g/mol. The Balaban J connectivity index is 2.33. The number of carbonyl (C=O) groups excluding carboxylic acids is 1. The molecule has 3 N–H and O–H groups in total. The molecule has 2 aromatic rings. The first kappa shape index (κ1) is 12.4. The zero-order valence-corrected chi connectivity index (χ0v) is 9.48. The quantitative estimate of drug-likeness (QED) is 0.609. The third kappa shape index (κ3) is 2.77. The van der Waals surface area contributed by atoms with E-state index in [0.29, 0.717) is 5.69 Å². The minimum Gasteiger partial charge on any atom is -0.384 e. The predicted molar refractivity (Wildman–Crippen MR) is 65.3 cm³/mol. The molecule has 0 aromatic carbocycles. The van der Waals surface area contributed by atoms with Gasteiger partial charge in [0.05, 0.1) is 23.0 Å². The Kier molecular flexibility index (Phi) is 3.28. The summed E-state index contributed by atoms with van der Waals surface area (Å²) >= 11 is 0. The Bertz CT molecular complexity index is 630. The molecular formula is C10H8N6O3. The van der Waals surface area contributed by atoms with E-state index in [9.17, 15) is 14.9 Å². The number of pyridine rings is 1. The van der Waals surface area contributed by atoms with Crippen molar-refractivity contribution in [3.8, 4) is 0 Å². The molecule has 2 aromatic heterocycles. The lowest BCUT2D eigenvalue weighted by molar-refractivity contribution is -0.385. The van der Waals surface area contributed by atoms with Gasteiger partial charge in [-0.1, -0.05) is 0 Å². The van der Waals surface area contributed by atoms with Crippen LogP contribution in [0, 0.1) is 10.1 Å². The lowest BCUT2D eigenvalue weighted by Gasteiger charge is -2.05. The fraction of sp³-hybridized carbons (Fsp3) is 0. The van der Waals surface area contributed by atoms with Gasteiger partial charge in [0.1, 0.15) is 23.9 Å². The van der Waals surface area contributed by atoms with Crippen molar-refractivity contribution >= 4 is 23.1 Å². The fourth-order valence-electron chi connectivity index (χ4n) is 1.35. The van der Waals surface area contributed by atoms with Gasteiger partial charge in [0.2, 0.25) is 0 Å². The predicted octanol–water partition coefficient (Wildman–Crippen LogP) is 0.614. The third-order valence-corrected chi connectivity index (χ3v) is 2.16. The molecule has 96 valence electrons. The van der Waals surface area contributed by atoms with Crippen LogP contribution in [0.25, 0.3) is 0 Å². The molecule has 0 unspecified atom stereocenters. The first-order valence-corrected chi connectivity index (χ1v) is 5.04. The maximum atomic E-state index is 11.9. The number of hydrogen-bond donors (Lipinski definition) is 2. The van der Waals surface area contributed by atoms with Gasteiger partial charge in [-0.3, -0.25) is 14.9 Å². The highest BCUT2D eigenvalue weighted by Gasteiger charge is 2.21. The zero-order chi connectivity index (χ0) is 13.8. The molecule has 0 radical (unpaired) electrons.